The van der Waals surface area contributed by atoms with Crippen LogP contribution in [0.4, 0.5) is 4.39 Å². The molecule has 0 bridgehead atoms. The smallest absolute Gasteiger partial charge is 0.254 e. The van der Waals surface area contributed by atoms with Gasteiger partial charge in [-0.05, 0) is 73.4 Å². The Labute approximate surface area is 179 Å². The van der Waals surface area contributed by atoms with Gasteiger partial charge in [0.15, 0.2) is 0 Å². The number of nitrogens with zero attached hydrogens (tertiary/aromatic N) is 3. The quantitative estimate of drug-likeness (QED) is 0.334. The average Bonchev–Trinajstić information content (AvgIpc) is 3.11. The minimum Gasteiger partial charge on any atom is -0.302 e. The van der Waals surface area contributed by atoms with Crippen LogP contribution in [0.5, 0.6) is 0 Å². The van der Waals surface area contributed by atoms with Gasteiger partial charge in [-0.2, -0.15) is 0 Å². The van der Waals surface area contributed by atoms with Crippen LogP contribution in [-0.2, 0) is 25.8 Å². The maximum absolute atomic E-state index is 14.6. The first-order valence-electron chi connectivity index (χ1n) is 10.8. The van der Waals surface area contributed by atoms with Crippen molar-refractivity contribution >= 4 is 10.9 Å². The number of hydrogen-bond donors (Lipinski definition) is 0. The van der Waals surface area contributed by atoms with E-state index in [1.165, 1.54) is 11.6 Å². The van der Waals surface area contributed by atoms with E-state index < -0.39 is 6.04 Å². The second-order valence-corrected chi connectivity index (χ2v) is 8.69. The van der Waals surface area contributed by atoms with E-state index in [1.807, 2.05) is 19.9 Å². The molecule has 0 N–H and O–H groups in total. The maximum Gasteiger partial charge on any atom is 0.254 e. The number of pyridine rings is 2. The highest BCUT2D eigenvalue weighted by molar-refractivity contribution is 5.92. The number of hydrogen-bond acceptors (Lipinski definition) is 4. The lowest BCUT2D eigenvalue weighted by Gasteiger charge is -2.21. The van der Waals surface area contributed by atoms with Crippen LogP contribution in [0.25, 0.3) is 22.3 Å². The van der Waals surface area contributed by atoms with Gasteiger partial charge in [0.1, 0.15) is 11.9 Å². The molecule has 0 radical (unpaired) electrons. The normalized spacial score (nSPS) is 15.0. The first-order chi connectivity index (χ1) is 14.9. The van der Waals surface area contributed by atoms with E-state index >= 15 is 0 Å². The summed E-state index contributed by atoms with van der Waals surface area (Å²) in [6, 6.07) is 2.60. The molecule has 1 aromatic carbocycles. The van der Waals surface area contributed by atoms with Gasteiger partial charge in [0.2, 0.25) is 0 Å². The van der Waals surface area contributed by atoms with Crippen molar-refractivity contribution in [3.8, 4) is 11.4 Å². The van der Waals surface area contributed by atoms with Gasteiger partial charge in [0, 0.05) is 22.6 Å². The predicted molar refractivity (Wildman–Crippen MR) is 120 cm³/mol. The molecule has 0 saturated carbocycles. The van der Waals surface area contributed by atoms with Crippen molar-refractivity contribution in [2.45, 2.75) is 59.0 Å². The van der Waals surface area contributed by atoms with Crippen molar-refractivity contribution in [3.05, 3.63) is 78.7 Å². The lowest BCUT2D eigenvalue weighted by Crippen LogP contribution is -2.25. The number of nitroso groups, excluding NO2 is 1. The molecule has 1 atom stereocenters. The van der Waals surface area contributed by atoms with Gasteiger partial charge in [-0.1, -0.05) is 18.7 Å². The van der Waals surface area contributed by atoms with E-state index in [0.29, 0.717) is 52.1 Å². The molecule has 2 aliphatic rings. The van der Waals surface area contributed by atoms with E-state index in [2.05, 4.69) is 11.8 Å². The molecule has 0 fully saturated rings. The first kappa shape index (κ1) is 19.8. The number of fused-ring (bicyclic) bond motifs is 4. The molecule has 158 valence electrons. The molecule has 5 nitrogen and oxygen atoms in total. The van der Waals surface area contributed by atoms with E-state index in [9.17, 15) is 14.1 Å². The molecule has 3 aromatic rings. The summed E-state index contributed by atoms with van der Waals surface area (Å²) in [5.74, 6) is -0.243. The van der Waals surface area contributed by atoms with Crippen molar-refractivity contribution in [1.29, 1.82) is 0 Å². The second kappa shape index (κ2) is 6.94. The fourth-order valence-corrected chi connectivity index (χ4v) is 5.34. The van der Waals surface area contributed by atoms with E-state index in [0.717, 1.165) is 35.8 Å². The van der Waals surface area contributed by atoms with Gasteiger partial charge in [-0.15, -0.1) is 4.91 Å². The van der Waals surface area contributed by atoms with Crippen LogP contribution in [0.2, 0.25) is 0 Å². The number of halogens is 1. The molecule has 1 aliphatic carbocycles. The van der Waals surface area contributed by atoms with Crippen LogP contribution in [0.15, 0.2) is 34.3 Å². The Morgan fingerprint density at radius 3 is 2.71 bits per heavy atom. The van der Waals surface area contributed by atoms with E-state index in [-0.39, 0.29) is 11.4 Å². The Hall–Kier alpha value is -3.15. The SMILES string of the molecule is C=C(C)C(N=O)c1cc2n(c(=O)c1CC)Cc1c-2nc2cc(F)c(C)c3c2c1CCC3. The molecule has 31 heavy (non-hydrogen) atoms. The number of aromatic nitrogens is 2. The maximum atomic E-state index is 14.6. The Morgan fingerprint density at radius 1 is 1.29 bits per heavy atom. The summed E-state index contributed by atoms with van der Waals surface area (Å²) < 4.78 is 16.4. The molecule has 1 unspecified atom stereocenters. The summed E-state index contributed by atoms with van der Waals surface area (Å²) in [6.45, 7) is 9.82. The Balaban J connectivity index is 1.85. The van der Waals surface area contributed by atoms with Gasteiger partial charge >= 0.3 is 0 Å². The largest absolute Gasteiger partial charge is 0.302 e. The molecular weight excluding hydrogens is 393 g/mol. The zero-order valence-corrected chi connectivity index (χ0v) is 18.0. The number of rotatable bonds is 4. The minimum absolute atomic E-state index is 0.113. The van der Waals surface area contributed by atoms with E-state index in [1.54, 1.807) is 11.5 Å². The fourth-order valence-electron chi connectivity index (χ4n) is 5.34. The zero-order valence-electron chi connectivity index (χ0n) is 18.0. The minimum atomic E-state index is -0.775. The summed E-state index contributed by atoms with van der Waals surface area (Å²) in [4.78, 5) is 29.8. The van der Waals surface area contributed by atoms with Crippen LogP contribution in [0.1, 0.15) is 59.7 Å². The molecule has 0 spiro atoms. The van der Waals surface area contributed by atoms with Crippen molar-refractivity contribution < 1.29 is 4.39 Å². The predicted octanol–water partition coefficient (Wildman–Crippen LogP) is 5.31. The number of aryl methyl sites for hydroxylation is 2. The number of benzene rings is 1. The first-order valence-corrected chi connectivity index (χ1v) is 10.8. The highest BCUT2D eigenvalue weighted by atomic mass is 19.1. The van der Waals surface area contributed by atoms with Crippen molar-refractivity contribution in [2.24, 2.45) is 5.18 Å². The summed E-state index contributed by atoms with van der Waals surface area (Å²) in [5, 5.41) is 4.30. The van der Waals surface area contributed by atoms with Crippen LogP contribution >= 0.6 is 0 Å². The topological polar surface area (TPSA) is 64.3 Å². The van der Waals surface area contributed by atoms with Crippen molar-refractivity contribution in [1.82, 2.24) is 9.55 Å². The van der Waals surface area contributed by atoms with Crippen LogP contribution in [-0.4, -0.2) is 9.55 Å². The highest BCUT2D eigenvalue weighted by Gasteiger charge is 2.31. The van der Waals surface area contributed by atoms with Crippen LogP contribution < -0.4 is 5.56 Å². The lowest BCUT2D eigenvalue weighted by atomic mass is 9.85. The standard InChI is InChI=1S/C25H24FN3O2/c1-5-14-17(23(28-31)12(2)3)9-21-24-18(11-29(21)25(14)30)16-8-6-7-15-13(4)19(26)10-20(27-24)22(15)16/h9-10,23H,2,5-8,11H2,1,3-4H3. The van der Waals surface area contributed by atoms with Crippen LogP contribution in [0.3, 0.4) is 0 Å². The third-order valence-electron chi connectivity index (χ3n) is 6.88. The van der Waals surface area contributed by atoms with Gasteiger partial charge in [-0.3, -0.25) is 4.79 Å². The van der Waals surface area contributed by atoms with Gasteiger partial charge < -0.3 is 4.57 Å². The lowest BCUT2D eigenvalue weighted by molar-refractivity contribution is 0.615. The van der Waals surface area contributed by atoms with Gasteiger partial charge in [-0.25, -0.2) is 9.37 Å². The average molecular weight is 417 g/mol. The molecule has 2 aromatic heterocycles. The monoisotopic (exact) mass is 417 g/mol. The molecule has 1 aliphatic heterocycles. The van der Waals surface area contributed by atoms with Gasteiger partial charge in [0.25, 0.3) is 5.56 Å². The Kier molecular flexibility index (Phi) is 4.43. The summed E-state index contributed by atoms with van der Waals surface area (Å²) >= 11 is 0. The third kappa shape index (κ3) is 2.67. The molecule has 0 saturated heterocycles. The molecule has 6 heteroatoms. The third-order valence-corrected chi connectivity index (χ3v) is 6.88. The summed E-state index contributed by atoms with van der Waals surface area (Å²) in [5.41, 5.74) is 7.65. The summed E-state index contributed by atoms with van der Waals surface area (Å²) in [7, 11) is 0. The highest BCUT2D eigenvalue weighted by Crippen LogP contribution is 2.42. The van der Waals surface area contributed by atoms with Crippen molar-refractivity contribution in [3.63, 3.8) is 0 Å². The van der Waals surface area contributed by atoms with Gasteiger partial charge in [0.05, 0.1) is 23.4 Å². The zero-order chi connectivity index (χ0) is 22.0. The summed E-state index contributed by atoms with van der Waals surface area (Å²) in [6.07, 6.45) is 3.18. The van der Waals surface area contributed by atoms with Crippen LogP contribution in [0, 0.1) is 17.6 Å². The van der Waals surface area contributed by atoms with Crippen molar-refractivity contribution in [2.75, 3.05) is 0 Å². The molecular formula is C25H24FN3O2. The Bertz CT molecular complexity index is 1370. The molecule has 5 rings (SSSR count). The fraction of sp³-hybridized carbons (Fsp3) is 0.360. The Morgan fingerprint density at radius 2 is 2.03 bits per heavy atom. The molecule has 0 amide bonds. The van der Waals surface area contributed by atoms with E-state index in [4.69, 9.17) is 4.98 Å². The molecule has 3 heterocycles. The second-order valence-electron chi connectivity index (χ2n) is 8.69.